The zero-order valence-corrected chi connectivity index (χ0v) is 14.4. The molecule has 132 valence electrons. The van der Waals surface area contributed by atoms with Gasteiger partial charge >= 0.3 is 0 Å². The van der Waals surface area contributed by atoms with E-state index >= 15 is 0 Å². The van der Waals surface area contributed by atoms with Gasteiger partial charge in [0.25, 0.3) is 0 Å². The molecule has 0 radical (unpaired) electrons. The number of piperidine rings is 1. The van der Waals surface area contributed by atoms with Crippen LogP contribution in [0.4, 0.5) is 5.69 Å². The first-order valence-electron chi connectivity index (χ1n) is 8.63. The molecule has 0 aromatic heterocycles. The number of carbonyl (C=O) groups is 1. The van der Waals surface area contributed by atoms with E-state index in [0.717, 1.165) is 48.7 Å². The maximum Gasteiger partial charge on any atom is 0.238 e. The summed E-state index contributed by atoms with van der Waals surface area (Å²) >= 11 is 0. The summed E-state index contributed by atoms with van der Waals surface area (Å²) < 4.78 is 5.81. The highest BCUT2D eigenvalue weighted by Gasteiger charge is 2.18. The first-order chi connectivity index (χ1) is 12.1. The summed E-state index contributed by atoms with van der Waals surface area (Å²) in [6.45, 7) is 3.90. The number of hydrogen-bond acceptors (Lipinski definition) is 4. The number of benzene rings is 2. The average molecular weight is 340 g/mol. The van der Waals surface area contributed by atoms with Crippen molar-refractivity contribution < 1.29 is 14.6 Å². The third-order valence-corrected chi connectivity index (χ3v) is 4.29. The van der Waals surface area contributed by atoms with Gasteiger partial charge in [0.05, 0.1) is 12.6 Å². The summed E-state index contributed by atoms with van der Waals surface area (Å²) in [6.07, 6.45) is 1.25. The molecular formula is C20H24N2O3. The van der Waals surface area contributed by atoms with Gasteiger partial charge in [-0.05, 0) is 61.7 Å². The zero-order chi connectivity index (χ0) is 17.6. The molecule has 1 heterocycles. The number of carbonyl (C=O) groups excluding carboxylic acids is 1. The Bertz CT molecular complexity index is 707. The fourth-order valence-electron chi connectivity index (χ4n) is 2.90. The number of amides is 1. The highest BCUT2D eigenvalue weighted by molar-refractivity contribution is 5.92. The van der Waals surface area contributed by atoms with Gasteiger partial charge in [0, 0.05) is 18.8 Å². The third-order valence-electron chi connectivity index (χ3n) is 4.29. The highest BCUT2D eigenvalue weighted by Crippen LogP contribution is 2.23. The fourth-order valence-corrected chi connectivity index (χ4v) is 2.90. The summed E-state index contributed by atoms with van der Waals surface area (Å²) in [5, 5.41) is 12.4. The van der Waals surface area contributed by atoms with Crippen molar-refractivity contribution in [3.8, 4) is 11.5 Å². The van der Waals surface area contributed by atoms with Gasteiger partial charge in [-0.1, -0.05) is 12.1 Å². The number of nitrogens with one attached hydrogen (secondary N) is 1. The molecule has 5 nitrogen and oxygen atoms in total. The Morgan fingerprint density at radius 1 is 1.16 bits per heavy atom. The lowest BCUT2D eigenvalue weighted by molar-refractivity contribution is -0.117. The van der Waals surface area contributed by atoms with Crippen molar-refractivity contribution in [3.05, 3.63) is 54.1 Å². The van der Waals surface area contributed by atoms with E-state index in [-0.39, 0.29) is 12.0 Å². The van der Waals surface area contributed by atoms with Gasteiger partial charge < -0.3 is 15.2 Å². The van der Waals surface area contributed by atoms with Crippen LogP contribution in [0.15, 0.2) is 48.5 Å². The van der Waals surface area contributed by atoms with Crippen molar-refractivity contribution in [2.75, 3.05) is 25.0 Å². The molecule has 0 unspecified atom stereocenters. The number of anilines is 1. The largest absolute Gasteiger partial charge is 0.457 e. The van der Waals surface area contributed by atoms with Crippen LogP contribution in [-0.2, 0) is 4.79 Å². The summed E-state index contributed by atoms with van der Waals surface area (Å²) in [4.78, 5) is 14.2. The smallest absolute Gasteiger partial charge is 0.238 e. The van der Waals surface area contributed by atoms with Gasteiger partial charge in [0.2, 0.25) is 5.91 Å². The van der Waals surface area contributed by atoms with Crippen LogP contribution in [0, 0.1) is 6.92 Å². The number of aryl methyl sites for hydroxylation is 1. The Balaban J connectivity index is 1.51. The monoisotopic (exact) mass is 340 g/mol. The molecule has 5 heteroatoms. The molecule has 2 N–H and O–H groups in total. The Labute approximate surface area is 148 Å². The predicted octanol–water partition coefficient (Wildman–Crippen LogP) is 3.18. The number of hydrogen-bond donors (Lipinski definition) is 2. The van der Waals surface area contributed by atoms with Crippen molar-refractivity contribution in [1.29, 1.82) is 0 Å². The summed E-state index contributed by atoms with van der Waals surface area (Å²) in [5.41, 5.74) is 1.89. The molecule has 0 saturated carbocycles. The van der Waals surface area contributed by atoms with Gasteiger partial charge in [-0.2, -0.15) is 0 Å². The standard InChI is InChI=1S/C20H24N2O3/c1-15-3-2-4-19(13-15)25-18-7-5-16(6-8-18)21-20(24)14-22-11-9-17(23)10-12-22/h2-8,13,17,23H,9-12,14H2,1H3,(H,21,24). The molecule has 1 aliphatic heterocycles. The van der Waals surface area contributed by atoms with Crippen molar-refractivity contribution in [2.45, 2.75) is 25.9 Å². The molecule has 1 fully saturated rings. The molecule has 1 saturated heterocycles. The Morgan fingerprint density at radius 3 is 2.56 bits per heavy atom. The molecule has 0 aliphatic carbocycles. The average Bonchev–Trinajstić information content (AvgIpc) is 2.59. The second-order valence-corrected chi connectivity index (χ2v) is 6.50. The van der Waals surface area contributed by atoms with Gasteiger partial charge in [0.15, 0.2) is 0 Å². The number of ether oxygens (including phenoxy) is 1. The molecule has 3 rings (SSSR count). The molecule has 0 atom stereocenters. The summed E-state index contributed by atoms with van der Waals surface area (Å²) in [5.74, 6) is 1.49. The van der Waals surface area contributed by atoms with Crippen LogP contribution in [0.25, 0.3) is 0 Å². The zero-order valence-electron chi connectivity index (χ0n) is 14.4. The lowest BCUT2D eigenvalue weighted by atomic mass is 10.1. The maximum atomic E-state index is 12.1. The molecule has 2 aromatic carbocycles. The van der Waals surface area contributed by atoms with Gasteiger partial charge in [-0.25, -0.2) is 0 Å². The molecular weight excluding hydrogens is 316 g/mol. The van der Waals surface area contributed by atoms with E-state index in [1.165, 1.54) is 0 Å². The van der Waals surface area contributed by atoms with E-state index in [0.29, 0.717) is 6.54 Å². The van der Waals surface area contributed by atoms with Gasteiger partial charge in [0.1, 0.15) is 11.5 Å². The van der Waals surface area contributed by atoms with Crippen molar-refractivity contribution in [3.63, 3.8) is 0 Å². The van der Waals surface area contributed by atoms with Crippen LogP contribution in [0.1, 0.15) is 18.4 Å². The van der Waals surface area contributed by atoms with E-state index in [4.69, 9.17) is 4.74 Å². The van der Waals surface area contributed by atoms with E-state index in [1.54, 1.807) is 0 Å². The van der Waals surface area contributed by atoms with Crippen LogP contribution in [0.3, 0.4) is 0 Å². The lowest BCUT2D eigenvalue weighted by Crippen LogP contribution is -2.40. The van der Waals surface area contributed by atoms with Crippen LogP contribution in [-0.4, -0.2) is 41.7 Å². The number of rotatable bonds is 5. The molecule has 1 aliphatic rings. The Morgan fingerprint density at radius 2 is 1.88 bits per heavy atom. The van der Waals surface area contributed by atoms with Crippen LogP contribution >= 0.6 is 0 Å². The molecule has 2 aromatic rings. The van der Waals surface area contributed by atoms with E-state index in [9.17, 15) is 9.90 Å². The first-order valence-corrected chi connectivity index (χ1v) is 8.63. The Hall–Kier alpha value is -2.37. The van der Waals surface area contributed by atoms with E-state index < -0.39 is 0 Å². The van der Waals surface area contributed by atoms with Crippen molar-refractivity contribution >= 4 is 11.6 Å². The minimum Gasteiger partial charge on any atom is -0.457 e. The number of aliphatic hydroxyl groups excluding tert-OH is 1. The number of nitrogens with zero attached hydrogens (tertiary/aromatic N) is 1. The predicted molar refractivity (Wildman–Crippen MR) is 98.0 cm³/mol. The topological polar surface area (TPSA) is 61.8 Å². The fraction of sp³-hybridized carbons (Fsp3) is 0.350. The van der Waals surface area contributed by atoms with Crippen LogP contribution in [0.5, 0.6) is 11.5 Å². The van der Waals surface area contributed by atoms with Crippen molar-refractivity contribution in [1.82, 2.24) is 4.90 Å². The summed E-state index contributed by atoms with van der Waals surface area (Å²) in [7, 11) is 0. The minimum absolute atomic E-state index is 0.0382. The van der Waals surface area contributed by atoms with Gasteiger partial charge in [-0.3, -0.25) is 9.69 Å². The Kier molecular flexibility index (Phi) is 5.68. The quantitative estimate of drug-likeness (QED) is 0.877. The molecule has 0 bridgehead atoms. The second-order valence-electron chi connectivity index (χ2n) is 6.50. The highest BCUT2D eigenvalue weighted by atomic mass is 16.5. The van der Waals surface area contributed by atoms with Gasteiger partial charge in [-0.15, -0.1) is 0 Å². The maximum absolute atomic E-state index is 12.1. The minimum atomic E-state index is -0.222. The van der Waals surface area contributed by atoms with E-state index in [2.05, 4.69) is 10.2 Å². The molecule has 0 spiro atoms. The molecule has 25 heavy (non-hydrogen) atoms. The lowest BCUT2D eigenvalue weighted by Gasteiger charge is -2.28. The van der Waals surface area contributed by atoms with Crippen LogP contribution in [0.2, 0.25) is 0 Å². The normalized spacial score (nSPS) is 15.8. The van der Waals surface area contributed by atoms with Crippen molar-refractivity contribution in [2.24, 2.45) is 0 Å². The van der Waals surface area contributed by atoms with Crippen LogP contribution < -0.4 is 10.1 Å². The first kappa shape index (κ1) is 17.5. The third kappa shape index (κ3) is 5.31. The second kappa shape index (κ2) is 8.14. The van der Waals surface area contributed by atoms with E-state index in [1.807, 2.05) is 55.5 Å². The SMILES string of the molecule is Cc1cccc(Oc2ccc(NC(=O)CN3CCC(O)CC3)cc2)c1. The number of likely N-dealkylation sites (tertiary alicyclic amines) is 1. The molecule has 1 amide bonds. The summed E-state index contributed by atoms with van der Waals surface area (Å²) in [6, 6.07) is 15.2. The number of aliphatic hydroxyl groups is 1.